The van der Waals surface area contributed by atoms with Crippen LogP contribution in [-0.2, 0) is 10.1 Å². The first-order chi connectivity index (χ1) is 12.9. The van der Waals surface area contributed by atoms with Gasteiger partial charge in [0.2, 0.25) is 0 Å². The van der Waals surface area contributed by atoms with Gasteiger partial charge in [-0.2, -0.15) is 8.42 Å². The molecule has 0 fully saturated rings. The van der Waals surface area contributed by atoms with Gasteiger partial charge in [-0.05, 0) is 49.6 Å². The molecule has 1 N–H and O–H groups in total. The molecular formula is C21H30N2O3S. The van der Waals surface area contributed by atoms with Crippen molar-refractivity contribution in [1.29, 1.82) is 0 Å². The number of anilines is 1. The van der Waals surface area contributed by atoms with Crippen molar-refractivity contribution in [2.24, 2.45) is 0 Å². The Hall–Kier alpha value is -2.05. The van der Waals surface area contributed by atoms with E-state index >= 15 is 0 Å². The monoisotopic (exact) mass is 390 g/mol. The van der Waals surface area contributed by atoms with Crippen LogP contribution in [0.3, 0.4) is 0 Å². The quantitative estimate of drug-likeness (QED) is 0.637. The van der Waals surface area contributed by atoms with E-state index in [-0.39, 0.29) is 0 Å². The largest absolute Gasteiger partial charge is 0.372 e. The Bertz CT molecular complexity index is 791. The average molecular weight is 391 g/mol. The number of nitrogens with zero attached hydrogens (tertiary/aromatic N) is 2. The fraction of sp³-hybridized carbons (Fsp3) is 0.429. The lowest BCUT2D eigenvalue weighted by Gasteiger charge is -2.29. The van der Waals surface area contributed by atoms with E-state index in [9.17, 15) is 13.0 Å². The van der Waals surface area contributed by atoms with Crippen LogP contribution < -0.4 is 4.90 Å². The third kappa shape index (κ3) is 5.97. The van der Waals surface area contributed by atoms with Crippen molar-refractivity contribution in [2.75, 3.05) is 24.5 Å². The molecule has 0 radical (unpaired) electrons. The lowest BCUT2D eigenvalue weighted by molar-refractivity contribution is 0.325. The zero-order valence-electron chi connectivity index (χ0n) is 16.4. The van der Waals surface area contributed by atoms with Gasteiger partial charge < -0.3 is 9.80 Å². The molecule has 1 aromatic carbocycles. The van der Waals surface area contributed by atoms with E-state index in [1.807, 2.05) is 31.2 Å². The van der Waals surface area contributed by atoms with Crippen LogP contribution in [0, 0.1) is 0 Å². The maximum Gasteiger partial charge on any atom is 0.286 e. The van der Waals surface area contributed by atoms with E-state index in [0.29, 0.717) is 19.4 Å². The van der Waals surface area contributed by atoms with Gasteiger partial charge in [0.1, 0.15) is 0 Å². The molecule has 1 aliphatic rings. The lowest BCUT2D eigenvalue weighted by atomic mass is 10.1. The van der Waals surface area contributed by atoms with E-state index in [4.69, 9.17) is 0 Å². The van der Waals surface area contributed by atoms with Crippen molar-refractivity contribution in [2.45, 2.75) is 39.0 Å². The molecule has 0 spiro atoms. The molecule has 0 saturated heterocycles. The van der Waals surface area contributed by atoms with Crippen molar-refractivity contribution in [3.63, 3.8) is 0 Å². The molecule has 1 heterocycles. The fourth-order valence-electron chi connectivity index (χ4n) is 3.17. The van der Waals surface area contributed by atoms with Crippen LogP contribution in [0.5, 0.6) is 0 Å². The highest BCUT2D eigenvalue weighted by Gasteiger charge is 2.27. The lowest BCUT2D eigenvalue weighted by Crippen LogP contribution is -2.38. The van der Waals surface area contributed by atoms with E-state index in [0.717, 1.165) is 24.2 Å². The summed E-state index contributed by atoms with van der Waals surface area (Å²) in [6.45, 7) is 8.64. The highest BCUT2D eigenvalue weighted by Crippen LogP contribution is 2.20. The second-order valence-electron chi connectivity index (χ2n) is 6.57. The van der Waals surface area contributed by atoms with Crippen molar-refractivity contribution in [3.8, 4) is 0 Å². The zero-order valence-corrected chi connectivity index (χ0v) is 17.2. The first-order valence-electron chi connectivity index (χ1n) is 9.52. The van der Waals surface area contributed by atoms with Gasteiger partial charge in [0.05, 0.1) is 0 Å². The van der Waals surface area contributed by atoms with Crippen molar-refractivity contribution >= 4 is 21.9 Å². The predicted octanol–water partition coefficient (Wildman–Crippen LogP) is 4.32. The van der Waals surface area contributed by atoms with Crippen LogP contribution in [0.15, 0.2) is 54.3 Å². The Morgan fingerprint density at radius 2 is 1.81 bits per heavy atom. The minimum atomic E-state index is -4.09. The third-order valence-electron chi connectivity index (χ3n) is 4.74. The number of hydrogen-bond donors (Lipinski definition) is 1. The molecule has 6 heteroatoms. The summed E-state index contributed by atoms with van der Waals surface area (Å²) in [5, 5.41) is -0.881. The standard InChI is InChI=1S/C21H30N2O3S/c1-4-7-21(27(24,25)26)23-16-14-19(15-17-23)9-8-18-10-12-20(13-11-18)22(5-2)6-3/h8-16,21H,4-7,17H2,1-3H3,(H,24,25,26)/b9-8+. The van der Waals surface area contributed by atoms with E-state index in [1.165, 1.54) is 5.69 Å². The Kier molecular flexibility index (Phi) is 7.68. The second-order valence-corrected chi connectivity index (χ2v) is 8.15. The minimum absolute atomic E-state index is 0.404. The van der Waals surface area contributed by atoms with Crippen LogP contribution in [0.4, 0.5) is 5.69 Å². The molecule has 1 aliphatic heterocycles. The molecule has 0 aliphatic carbocycles. The van der Waals surface area contributed by atoms with Crippen LogP contribution in [0.25, 0.3) is 6.08 Å². The molecule has 5 nitrogen and oxygen atoms in total. The number of benzene rings is 1. The number of allylic oxidation sites excluding steroid dienone is 3. The molecule has 0 aromatic heterocycles. The van der Waals surface area contributed by atoms with Crippen LogP contribution in [0.2, 0.25) is 0 Å². The summed E-state index contributed by atoms with van der Waals surface area (Å²) in [4.78, 5) is 3.96. The molecule has 0 saturated carbocycles. The van der Waals surface area contributed by atoms with Crippen LogP contribution in [-0.4, -0.2) is 42.9 Å². The Morgan fingerprint density at radius 3 is 2.30 bits per heavy atom. The Morgan fingerprint density at radius 1 is 1.15 bits per heavy atom. The molecule has 2 rings (SSSR count). The maximum atomic E-state index is 11.6. The van der Waals surface area contributed by atoms with Gasteiger partial charge in [-0.3, -0.25) is 4.55 Å². The second kappa shape index (κ2) is 9.76. The van der Waals surface area contributed by atoms with Gasteiger partial charge in [0.15, 0.2) is 5.37 Å². The van der Waals surface area contributed by atoms with Crippen LogP contribution >= 0.6 is 0 Å². The summed E-state index contributed by atoms with van der Waals surface area (Å²) >= 11 is 0. The highest BCUT2D eigenvalue weighted by molar-refractivity contribution is 7.86. The normalized spacial score (nSPS) is 15.9. The SMILES string of the molecule is CCCC(N1C=CC(/C=C/c2ccc(N(CC)CC)cc2)=CC1)S(=O)(=O)O. The van der Waals surface area contributed by atoms with Gasteiger partial charge in [-0.15, -0.1) is 0 Å². The third-order valence-corrected chi connectivity index (χ3v) is 5.93. The summed E-state index contributed by atoms with van der Waals surface area (Å²) in [6.07, 6.45) is 10.7. The minimum Gasteiger partial charge on any atom is -0.372 e. The Balaban J connectivity index is 2.01. The topological polar surface area (TPSA) is 60.9 Å². The highest BCUT2D eigenvalue weighted by atomic mass is 32.2. The van der Waals surface area contributed by atoms with Crippen molar-refractivity contribution < 1.29 is 13.0 Å². The van der Waals surface area contributed by atoms with Gasteiger partial charge >= 0.3 is 0 Å². The molecular weight excluding hydrogens is 360 g/mol. The van der Waals surface area contributed by atoms with E-state index in [1.54, 1.807) is 11.1 Å². The Labute approximate surface area is 163 Å². The molecule has 27 heavy (non-hydrogen) atoms. The first-order valence-corrected chi connectivity index (χ1v) is 11.0. The van der Waals surface area contributed by atoms with Crippen molar-refractivity contribution in [1.82, 2.24) is 4.90 Å². The summed E-state index contributed by atoms with van der Waals surface area (Å²) < 4.78 is 32.6. The number of rotatable bonds is 9. The summed E-state index contributed by atoms with van der Waals surface area (Å²) in [7, 11) is -4.09. The van der Waals surface area contributed by atoms with Gasteiger partial charge in [-0.25, -0.2) is 0 Å². The molecule has 0 bridgehead atoms. The number of hydrogen-bond acceptors (Lipinski definition) is 4. The van der Waals surface area contributed by atoms with E-state index < -0.39 is 15.5 Å². The van der Waals surface area contributed by atoms with Gasteiger partial charge in [0.25, 0.3) is 10.1 Å². The zero-order chi connectivity index (χ0) is 19.9. The summed E-state index contributed by atoms with van der Waals surface area (Å²) in [5.41, 5.74) is 3.35. The molecule has 148 valence electrons. The average Bonchev–Trinajstić information content (AvgIpc) is 2.66. The predicted molar refractivity (Wildman–Crippen MR) is 113 cm³/mol. The molecule has 0 amide bonds. The molecule has 1 atom stereocenters. The molecule has 1 unspecified atom stereocenters. The first kappa shape index (κ1) is 21.3. The van der Waals surface area contributed by atoms with Crippen LogP contribution in [0.1, 0.15) is 39.2 Å². The molecule has 1 aromatic rings. The maximum absolute atomic E-state index is 11.6. The van der Waals surface area contributed by atoms with E-state index in [2.05, 4.69) is 43.0 Å². The summed E-state index contributed by atoms with van der Waals surface area (Å²) in [5.74, 6) is 0. The van der Waals surface area contributed by atoms with Crippen molar-refractivity contribution in [3.05, 3.63) is 59.8 Å². The van der Waals surface area contributed by atoms with Gasteiger partial charge in [-0.1, -0.05) is 43.7 Å². The fourth-order valence-corrected chi connectivity index (χ4v) is 4.20. The smallest absolute Gasteiger partial charge is 0.286 e. The van der Waals surface area contributed by atoms with Gasteiger partial charge in [0, 0.05) is 31.5 Å². The summed E-state index contributed by atoms with van der Waals surface area (Å²) in [6, 6.07) is 8.44.